The molecule has 0 aromatic carbocycles. The molecule has 20 heavy (non-hydrogen) atoms. The monoisotopic (exact) mass is 284 g/mol. The van der Waals surface area contributed by atoms with Crippen molar-refractivity contribution in [2.75, 3.05) is 13.1 Å². The number of aliphatic carboxylic acids is 1. The van der Waals surface area contributed by atoms with Gasteiger partial charge in [-0.05, 0) is 19.8 Å². The number of nitrogens with one attached hydrogen (secondary N) is 1. The maximum Gasteiger partial charge on any atom is 0.315 e. The number of carbonyl (C=O) groups excluding carboxylic acids is 2. The molecule has 1 aliphatic rings. The first kappa shape index (κ1) is 16.5. The van der Waals surface area contributed by atoms with Crippen LogP contribution in [0.25, 0.3) is 0 Å². The van der Waals surface area contributed by atoms with Gasteiger partial charge in [0.1, 0.15) is 5.92 Å². The third-order valence-electron chi connectivity index (χ3n) is 3.53. The van der Waals surface area contributed by atoms with Crippen LogP contribution in [0.1, 0.15) is 40.5 Å². The lowest BCUT2D eigenvalue weighted by molar-refractivity contribution is -0.146. The minimum Gasteiger partial charge on any atom is -0.481 e. The lowest BCUT2D eigenvalue weighted by Crippen LogP contribution is -2.50. The normalized spacial score (nSPS) is 18.5. The average Bonchev–Trinajstić information content (AvgIpc) is 2.36. The Morgan fingerprint density at radius 3 is 2.10 bits per heavy atom. The Morgan fingerprint density at radius 1 is 1.20 bits per heavy atom. The minimum atomic E-state index is -1.12. The quantitative estimate of drug-likeness (QED) is 0.753. The standard InChI is InChI=1S/C14H24N2O4/c1-9(12(18)19)11(17)15-10-5-7-16(8-6-10)13(20)14(2,3)4/h9-10H,5-8H2,1-4H3,(H,15,17)(H,18,19). The first-order chi connectivity index (χ1) is 9.12. The van der Waals surface area contributed by atoms with Gasteiger partial charge in [0, 0.05) is 24.5 Å². The molecule has 1 saturated heterocycles. The Kier molecular flexibility index (Phi) is 5.14. The van der Waals surface area contributed by atoms with Crippen molar-refractivity contribution in [3.8, 4) is 0 Å². The molecule has 0 radical (unpaired) electrons. The van der Waals surface area contributed by atoms with Crippen LogP contribution in [0.5, 0.6) is 0 Å². The molecule has 1 aliphatic heterocycles. The number of carbonyl (C=O) groups is 3. The van der Waals surface area contributed by atoms with E-state index in [1.807, 2.05) is 25.7 Å². The van der Waals surface area contributed by atoms with E-state index >= 15 is 0 Å². The van der Waals surface area contributed by atoms with Crippen LogP contribution in [0.2, 0.25) is 0 Å². The van der Waals surface area contributed by atoms with Crippen molar-refractivity contribution in [1.82, 2.24) is 10.2 Å². The molecule has 1 rings (SSSR count). The largest absolute Gasteiger partial charge is 0.481 e. The van der Waals surface area contributed by atoms with E-state index in [1.165, 1.54) is 6.92 Å². The smallest absolute Gasteiger partial charge is 0.315 e. The summed E-state index contributed by atoms with van der Waals surface area (Å²) < 4.78 is 0. The fourth-order valence-electron chi connectivity index (χ4n) is 2.14. The molecule has 1 atom stereocenters. The number of hydrogen-bond acceptors (Lipinski definition) is 3. The van der Waals surface area contributed by atoms with Gasteiger partial charge in [-0.25, -0.2) is 0 Å². The van der Waals surface area contributed by atoms with Gasteiger partial charge >= 0.3 is 5.97 Å². The molecule has 0 aromatic rings. The second kappa shape index (κ2) is 6.24. The Labute approximate surface area is 119 Å². The molecule has 0 bridgehead atoms. The van der Waals surface area contributed by atoms with Gasteiger partial charge in [-0.2, -0.15) is 0 Å². The third kappa shape index (κ3) is 4.21. The molecule has 0 aromatic heterocycles. The van der Waals surface area contributed by atoms with Gasteiger partial charge in [0.2, 0.25) is 11.8 Å². The number of nitrogens with zero attached hydrogens (tertiary/aromatic N) is 1. The van der Waals surface area contributed by atoms with Crippen LogP contribution in [-0.4, -0.2) is 46.9 Å². The van der Waals surface area contributed by atoms with E-state index in [0.717, 1.165) is 0 Å². The van der Waals surface area contributed by atoms with Crippen LogP contribution in [0.15, 0.2) is 0 Å². The lowest BCUT2D eigenvalue weighted by Gasteiger charge is -2.36. The number of hydrogen-bond donors (Lipinski definition) is 2. The topological polar surface area (TPSA) is 86.7 Å². The summed E-state index contributed by atoms with van der Waals surface area (Å²) in [6, 6.07) is -0.0479. The summed E-state index contributed by atoms with van der Waals surface area (Å²) in [6.45, 7) is 8.23. The number of carboxylic acid groups (broad SMARTS) is 1. The second-order valence-corrected chi connectivity index (χ2v) is 6.38. The molecule has 0 aliphatic carbocycles. The molecule has 114 valence electrons. The number of piperidine rings is 1. The van der Waals surface area contributed by atoms with E-state index in [0.29, 0.717) is 25.9 Å². The molecule has 1 heterocycles. The Morgan fingerprint density at radius 2 is 1.70 bits per heavy atom. The predicted molar refractivity (Wildman–Crippen MR) is 74.0 cm³/mol. The van der Waals surface area contributed by atoms with Crippen LogP contribution in [0.4, 0.5) is 0 Å². The van der Waals surface area contributed by atoms with Crippen molar-refractivity contribution in [3.05, 3.63) is 0 Å². The summed E-state index contributed by atoms with van der Waals surface area (Å²) in [4.78, 5) is 36.3. The summed E-state index contributed by atoms with van der Waals surface area (Å²) in [6.07, 6.45) is 1.33. The highest BCUT2D eigenvalue weighted by Gasteiger charge is 2.31. The zero-order valence-electron chi connectivity index (χ0n) is 12.6. The molecule has 6 heteroatoms. The van der Waals surface area contributed by atoms with Crippen LogP contribution < -0.4 is 5.32 Å². The second-order valence-electron chi connectivity index (χ2n) is 6.38. The van der Waals surface area contributed by atoms with E-state index in [4.69, 9.17) is 5.11 Å². The fourth-order valence-corrected chi connectivity index (χ4v) is 2.14. The molecule has 6 nitrogen and oxygen atoms in total. The number of rotatable bonds is 3. The van der Waals surface area contributed by atoms with Crippen LogP contribution >= 0.6 is 0 Å². The summed E-state index contributed by atoms with van der Waals surface area (Å²) in [5.74, 6) is -2.51. The van der Waals surface area contributed by atoms with E-state index in [1.54, 1.807) is 0 Å². The van der Waals surface area contributed by atoms with Gasteiger partial charge in [-0.3, -0.25) is 14.4 Å². The highest BCUT2D eigenvalue weighted by molar-refractivity contribution is 5.96. The van der Waals surface area contributed by atoms with E-state index in [-0.39, 0.29) is 11.9 Å². The van der Waals surface area contributed by atoms with Crippen molar-refractivity contribution >= 4 is 17.8 Å². The van der Waals surface area contributed by atoms with Crippen LogP contribution in [-0.2, 0) is 14.4 Å². The lowest BCUT2D eigenvalue weighted by atomic mass is 9.93. The maximum atomic E-state index is 12.1. The SMILES string of the molecule is CC(C(=O)O)C(=O)NC1CCN(C(=O)C(C)(C)C)CC1. The maximum absolute atomic E-state index is 12.1. The molecule has 2 N–H and O–H groups in total. The van der Waals surface area contributed by atoms with Gasteiger partial charge in [0.05, 0.1) is 0 Å². The van der Waals surface area contributed by atoms with E-state index < -0.39 is 23.2 Å². The average molecular weight is 284 g/mol. The van der Waals surface area contributed by atoms with E-state index in [9.17, 15) is 14.4 Å². The Balaban J connectivity index is 2.45. The van der Waals surface area contributed by atoms with Crippen molar-refractivity contribution in [2.45, 2.75) is 46.6 Å². The molecule has 2 amide bonds. The van der Waals surface area contributed by atoms with Gasteiger partial charge < -0.3 is 15.3 Å². The molecule has 1 unspecified atom stereocenters. The first-order valence-corrected chi connectivity index (χ1v) is 6.95. The number of carboxylic acids is 1. The summed E-state index contributed by atoms with van der Waals surface area (Å²) in [5, 5.41) is 11.5. The minimum absolute atomic E-state index is 0.0479. The molecule has 0 spiro atoms. The molecular weight excluding hydrogens is 260 g/mol. The van der Waals surface area contributed by atoms with Gasteiger partial charge in [0.15, 0.2) is 0 Å². The van der Waals surface area contributed by atoms with Gasteiger partial charge in [-0.15, -0.1) is 0 Å². The van der Waals surface area contributed by atoms with Gasteiger partial charge in [-0.1, -0.05) is 20.8 Å². The first-order valence-electron chi connectivity index (χ1n) is 6.95. The zero-order chi connectivity index (χ0) is 15.5. The summed E-state index contributed by atoms with van der Waals surface area (Å²) >= 11 is 0. The van der Waals surface area contributed by atoms with Crippen molar-refractivity contribution in [3.63, 3.8) is 0 Å². The number of amides is 2. The predicted octanol–water partition coefficient (Wildman–Crippen LogP) is 0.860. The third-order valence-corrected chi connectivity index (χ3v) is 3.53. The highest BCUT2D eigenvalue weighted by Crippen LogP contribution is 2.21. The highest BCUT2D eigenvalue weighted by atomic mass is 16.4. The molecule has 0 saturated carbocycles. The van der Waals surface area contributed by atoms with Crippen molar-refractivity contribution < 1.29 is 19.5 Å². The Hall–Kier alpha value is -1.59. The number of likely N-dealkylation sites (tertiary alicyclic amines) is 1. The van der Waals surface area contributed by atoms with Gasteiger partial charge in [0.25, 0.3) is 0 Å². The van der Waals surface area contributed by atoms with Crippen molar-refractivity contribution in [1.29, 1.82) is 0 Å². The van der Waals surface area contributed by atoms with E-state index in [2.05, 4.69) is 5.32 Å². The summed E-state index contributed by atoms with van der Waals surface area (Å²) in [5.41, 5.74) is -0.395. The van der Waals surface area contributed by atoms with Crippen LogP contribution in [0, 0.1) is 11.3 Å². The fraction of sp³-hybridized carbons (Fsp3) is 0.786. The summed E-state index contributed by atoms with van der Waals surface area (Å²) in [7, 11) is 0. The van der Waals surface area contributed by atoms with Crippen molar-refractivity contribution in [2.24, 2.45) is 11.3 Å². The molecule has 1 fully saturated rings. The Bertz CT molecular complexity index is 392. The molecular formula is C14H24N2O4. The van der Waals surface area contributed by atoms with Crippen LogP contribution in [0.3, 0.4) is 0 Å². The zero-order valence-corrected chi connectivity index (χ0v) is 12.6.